The summed E-state index contributed by atoms with van der Waals surface area (Å²) in [7, 11) is 0. The number of hydrogen-bond acceptors (Lipinski definition) is 4. The van der Waals surface area contributed by atoms with Gasteiger partial charge in [-0.2, -0.15) is 5.53 Å². The highest BCUT2D eigenvalue weighted by Gasteiger charge is 2.01. The minimum absolute atomic E-state index is 0.558. The van der Waals surface area contributed by atoms with E-state index in [1.165, 1.54) is 0 Å². The van der Waals surface area contributed by atoms with Gasteiger partial charge in [0.25, 0.3) is 5.39 Å². The molecule has 0 saturated carbocycles. The van der Waals surface area contributed by atoms with Gasteiger partial charge in [0.15, 0.2) is 10.8 Å². The van der Waals surface area contributed by atoms with Crippen molar-refractivity contribution in [3.05, 3.63) is 76.3 Å². The van der Waals surface area contributed by atoms with E-state index in [0.29, 0.717) is 11.4 Å². The molecule has 0 aromatic heterocycles. The molecule has 0 fully saturated rings. The first-order chi connectivity index (χ1) is 9.81. The van der Waals surface area contributed by atoms with Gasteiger partial charge in [-0.15, -0.1) is 5.10 Å². The van der Waals surface area contributed by atoms with E-state index in [4.69, 9.17) is 10.9 Å². The van der Waals surface area contributed by atoms with Crippen LogP contribution in [0.2, 0.25) is 0 Å². The van der Waals surface area contributed by atoms with Crippen LogP contribution >= 0.6 is 0 Å². The Balaban J connectivity index is 2.23. The summed E-state index contributed by atoms with van der Waals surface area (Å²) < 4.78 is 0. The Morgan fingerprint density at radius 2 is 1.35 bits per heavy atom. The molecule has 2 rings (SSSR count). The maximum atomic E-state index is 8.31. The minimum atomic E-state index is 0.558. The predicted molar refractivity (Wildman–Crippen MR) is 75.7 cm³/mol. The van der Waals surface area contributed by atoms with Gasteiger partial charge >= 0.3 is 5.08 Å². The normalized spacial score (nSPS) is 15.6. The van der Waals surface area contributed by atoms with Gasteiger partial charge in [-0.1, -0.05) is 16.7 Å². The van der Waals surface area contributed by atoms with Gasteiger partial charge in [0.2, 0.25) is 0 Å². The van der Waals surface area contributed by atoms with Crippen molar-refractivity contribution in [2.24, 2.45) is 15.4 Å². The highest BCUT2D eigenvalue weighted by Crippen LogP contribution is 2.08. The Kier molecular flexibility index (Phi) is 4.26. The summed E-state index contributed by atoms with van der Waals surface area (Å²) in [4.78, 5) is 0. The first-order valence-electron chi connectivity index (χ1n) is 5.66. The molecule has 2 aliphatic rings. The van der Waals surface area contributed by atoms with Crippen LogP contribution in [-0.4, -0.2) is 11.4 Å². The lowest BCUT2D eigenvalue weighted by molar-refractivity contribution is 0.992. The summed E-state index contributed by atoms with van der Waals surface area (Å²) in [5, 5.41) is 21.1. The van der Waals surface area contributed by atoms with Gasteiger partial charge in [0.05, 0.1) is 5.71 Å². The van der Waals surface area contributed by atoms with Crippen molar-refractivity contribution in [2.45, 2.75) is 0 Å². The van der Waals surface area contributed by atoms with E-state index >= 15 is 0 Å². The lowest BCUT2D eigenvalue weighted by atomic mass is 10.1. The number of hydrogen-bond donors (Lipinski definition) is 1. The van der Waals surface area contributed by atoms with Crippen LogP contribution in [0.1, 0.15) is 0 Å². The summed E-state index contributed by atoms with van der Waals surface area (Å²) in [5.41, 5.74) is 15.5. The van der Waals surface area contributed by atoms with E-state index < -0.39 is 0 Å². The fourth-order valence-corrected chi connectivity index (χ4v) is 1.48. The quantitative estimate of drug-likeness (QED) is 0.333. The molecule has 0 saturated heterocycles. The lowest BCUT2D eigenvalue weighted by Gasteiger charge is -1.97. The van der Waals surface area contributed by atoms with Crippen LogP contribution in [-0.2, 0) is 0 Å². The van der Waals surface area contributed by atoms with Crippen LogP contribution in [0.4, 0.5) is 0 Å². The molecule has 0 radical (unpaired) electrons. The summed E-state index contributed by atoms with van der Waals surface area (Å²) >= 11 is 0. The molecule has 0 aromatic carbocycles. The second-order valence-electron chi connectivity index (χ2n) is 3.73. The van der Waals surface area contributed by atoms with E-state index in [2.05, 4.69) is 32.0 Å². The van der Waals surface area contributed by atoms with Crippen molar-refractivity contribution < 1.29 is 0 Å². The van der Waals surface area contributed by atoms with Crippen LogP contribution in [0.15, 0.2) is 86.6 Å². The van der Waals surface area contributed by atoms with Crippen LogP contribution < -0.4 is 0 Å². The van der Waals surface area contributed by atoms with Crippen molar-refractivity contribution in [3.63, 3.8) is 0 Å². The monoisotopic (exact) mass is 261 g/mol. The van der Waals surface area contributed by atoms with Crippen LogP contribution in [0.3, 0.4) is 0 Å². The van der Waals surface area contributed by atoms with Gasteiger partial charge in [-0.25, -0.2) is 0 Å². The first-order valence-corrected chi connectivity index (χ1v) is 5.66. The molecule has 20 heavy (non-hydrogen) atoms. The fraction of sp³-hybridized carbons (Fsp3) is 0. The molecule has 6 heteroatoms. The molecule has 0 atom stereocenters. The number of nitrogens with zero attached hydrogens (tertiary/aromatic N) is 5. The maximum absolute atomic E-state index is 8.31. The van der Waals surface area contributed by atoms with Crippen molar-refractivity contribution in [1.29, 1.82) is 10.9 Å². The minimum Gasteiger partial charge on any atom is -0.185 e. The van der Waals surface area contributed by atoms with Crippen LogP contribution in [0, 0.1) is 10.9 Å². The lowest BCUT2D eigenvalue weighted by Crippen LogP contribution is -1.91. The standard InChI is InChI=1S/C14H9N6/c15-19-17-13-7-3-11(4-8-13)1-2-12-5-9-14(10-6-12)18-20-16/h3-10,15H/q+1. The van der Waals surface area contributed by atoms with Gasteiger partial charge in [-0.05, 0) is 48.6 Å². The third-order valence-electron chi connectivity index (χ3n) is 2.41. The zero-order chi connectivity index (χ0) is 14.2. The molecular formula is C14H9N6+. The van der Waals surface area contributed by atoms with E-state index in [0.717, 1.165) is 11.1 Å². The van der Waals surface area contributed by atoms with Crippen molar-refractivity contribution in [2.75, 3.05) is 0 Å². The Morgan fingerprint density at radius 3 is 1.80 bits per heavy atom. The van der Waals surface area contributed by atoms with Crippen LogP contribution in [0.5, 0.6) is 0 Å². The summed E-state index contributed by atoms with van der Waals surface area (Å²) in [5.74, 6) is 0. The Hall–Kier alpha value is -3.38. The first kappa shape index (κ1) is 13.1. The molecule has 0 aromatic rings. The molecule has 0 aliphatic heterocycles. The second kappa shape index (κ2) is 6.53. The number of diazo groups is 1. The van der Waals surface area contributed by atoms with Crippen molar-refractivity contribution in [3.8, 4) is 0 Å². The topological polar surface area (TPSA) is 89.1 Å². The molecule has 0 heterocycles. The summed E-state index contributed by atoms with van der Waals surface area (Å²) in [6.45, 7) is 0. The molecule has 0 bridgehead atoms. The van der Waals surface area contributed by atoms with Crippen LogP contribution in [0.25, 0.3) is 5.08 Å². The third kappa shape index (κ3) is 3.56. The molecule has 6 nitrogen and oxygen atoms in total. The second-order valence-corrected chi connectivity index (χ2v) is 3.73. The van der Waals surface area contributed by atoms with Crippen molar-refractivity contribution in [1.82, 2.24) is 0 Å². The Labute approximate surface area is 115 Å². The summed E-state index contributed by atoms with van der Waals surface area (Å²) in [6.07, 6.45) is 14.1. The third-order valence-corrected chi connectivity index (χ3v) is 2.41. The Morgan fingerprint density at radius 1 is 0.850 bits per heavy atom. The SMILES string of the molecule is N#[N+]N=C1C=CC(=C=C=C2C=CC(=NN=N)C=C2)C=C1. The average Bonchev–Trinajstić information content (AvgIpc) is 2.49. The number of nitrogens with one attached hydrogen (secondary N) is 1. The summed E-state index contributed by atoms with van der Waals surface area (Å²) in [6, 6.07) is 0. The van der Waals surface area contributed by atoms with E-state index in [1.54, 1.807) is 36.5 Å². The van der Waals surface area contributed by atoms with E-state index in [1.807, 2.05) is 12.2 Å². The van der Waals surface area contributed by atoms with Crippen molar-refractivity contribution >= 4 is 11.4 Å². The van der Waals surface area contributed by atoms with Gasteiger partial charge in [-0.3, -0.25) is 0 Å². The number of rotatable bonds is 1. The highest BCUT2D eigenvalue weighted by atomic mass is 15.3. The molecule has 0 amide bonds. The smallest absolute Gasteiger partial charge is 0.185 e. The maximum Gasteiger partial charge on any atom is 0.339 e. The number of allylic oxidation sites excluding steroid dienone is 10. The van der Waals surface area contributed by atoms with E-state index in [-0.39, 0.29) is 0 Å². The van der Waals surface area contributed by atoms with E-state index in [9.17, 15) is 0 Å². The average molecular weight is 261 g/mol. The zero-order valence-electron chi connectivity index (χ0n) is 10.4. The zero-order valence-corrected chi connectivity index (χ0v) is 10.4. The molecule has 1 N–H and O–H groups in total. The molecule has 2 aliphatic carbocycles. The highest BCUT2D eigenvalue weighted by molar-refractivity contribution is 6.06. The van der Waals surface area contributed by atoms with Gasteiger partial charge in [0, 0.05) is 11.1 Å². The predicted octanol–water partition coefficient (Wildman–Crippen LogP) is 3.44. The molecule has 0 spiro atoms. The molecule has 0 unspecified atom stereocenters. The van der Waals surface area contributed by atoms with Gasteiger partial charge in [0.1, 0.15) is 0 Å². The van der Waals surface area contributed by atoms with Gasteiger partial charge < -0.3 is 0 Å². The molecule has 94 valence electrons. The molecular weight excluding hydrogens is 252 g/mol. The largest absolute Gasteiger partial charge is 0.339 e. The fourth-order valence-electron chi connectivity index (χ4n) is 1.48. The Bertz CT molecular complexity index is 716.